The maximum Gasteiger partial charge on any atom is 0.306 e. The highest BCUT2D eigenvalue weighted by atomic mass is 127. The molecule has 0 radical (unpaired) electrons. The molecule has 3 nitrogen and oxygen atoms in total. The highest BCUT2D eigenvalue weighted by Crippen LogP contribution is 2.28. The van der Waals surface area contributed by atoms with Crippen LogP contribution in [-0.4, -0.2) is 4.92 Å². The van der Waals surface area contributed by atoms with E-state index in [1.54, 1.807) is 0 Å². The van der Waals surface area contributed by atoms with Gasteiger partial charge in [-0.3, -0.25) is 10.1 Å². The largest absolute Gasteiger partial charge is 0.306 e. The molecule has 0 heterocycles. The standard InChI is InChI=1S/C6H2BrFINO2/c7-5-3(9)1-2-4(6(5)8)10(11)12/h1-2H. The number of rotatable bonds is 1. The van der Waals surface area contributed by atoms with Crippen molar-refractivity contribution >= 4 is 44.2 Å². The van der Waals surface area contributed by atoms with Crippen LogP contribution in [-0.2, 0) is 0 Å². The first-order valence-corrected chi connectivity index (χ1v) is 4.69. The fourth-order valence-electron chi connectivity index (χ4n) is 0.657. The van der Waals surface area contributed by atoms with Gasteiger partial charge in [0.2, 0.25) is 5.82 Å². The lowest BCUT2D eigenvalue weighted by molar-refractivity contribution is -0.387. The summed E-state index contributed by atoms with van der Waals surface area (Å²) in [6.07, 6.45) is 0. The summed E-state index contributed by atoms with van der Waals surface area (Å²) < 4.78 is 13.8. The molecule has 0 aliphatic rings. The van der Waals surface area contributed by atoms with Crippen molar-refractivity contribution in [3.63, 3.8) is 0 Å². The first-order chi connectivity index (χ1) is 5.54. The zero-order chi connectivity index (χ0) is 9.30. The van der Waals surface area contributed by atoms with Crippen LogP contribution >= 0.6 is 38.5 Å². The first kappa shape index (κ1) is 9.85. The SMILES string of the molecule is O=[N+]([O-])c1ccc(I)c(Br)c1F. The van der Waals surface area contributed by atoms with E-state index in [2.05, 4.69) is 15.9 Å². The molecular formula is C6H2BrFINO2. The summed E-state index contributed by atoms with van der Waals surface area (Å²) in [6.45, 7) is 0. The van der Waals surface area contributed by atoms with Gasteiger partial charge in [0.05, 0.1) is 9.40 Å². The van der Waals surface area contributed by atoms with Crippen molar-refractivity contribution in [3.8, 4) is 0 Å². The van der Waals surface area contributed by atoms with E-state index in [1.807, 2.05) is 22.6 Å². The van der Waals surface area contributed by atoms with Crippen LogP contribution < -0.4 is 0 Å². The smallest absolute Gasteiger partial charge is 0.258 e. The molecule has 12 heavy (non-hydrogen) atoms. The molecule has 0 unspecified atom stereocenters. The Morgan fingerprint density at radius 2 is 2.17 bits per heavy atom. The molecule has 0 atom stereocenters. The molecule has 0 bridgehead atoms. The molecule has 0 aliphatic heterocycles. The summed E-state index contributed by atoms with van der Waals surface area (Å²) in [5.74, 6) is -0.827. The van der Waals surface area contributed by atoms with Crippen LogP contribution in [0.25, 0.3) is 0 Å². The van der Waals surface area contributed by atoms with Crippen molar-refractivity contribution in [2.24, 2.45) is 0 Å². The maximum atomic E-state index is 13.0. The molecular weight excluding hydrogens is 344 g/mol. The van der Waals surface area contributed by atoms with Crippen molar-refractivity contribution in [1.82, 2.24) is 0 Å². The monoisotopic (exact) mass is 345 g/mol. The van der Waals surface area contributed by atoms with E-state index in [0.717, 1.165) is 6.07 Å². The summed E-state index contributed by atoms with van der Waals surface area (Å²) in [4.78, 5) is 9.47. The van der Waals surface area contributed by atoms with E-state index in [0.29, 0.717) is 3.57 Å². The van der Waals surface area contributed by atoms with Gasteiger partial charge in [0, 0.05) is 9.64 Å². The molecule has 0 aromatic heterocycles. The van der Waals surface area contributed by atoms with E-state index in [4.69, 9.17) is 0 Å². The maximum absolute atomic E-state index is 13.0. The van der Waals surface area contributed by atoms with Crippen molar-refractivity contribution in [1.29, 1.82) is 0 Å². The lowest BCUT2D eigenvalue weighted by Crippen LogP contribution is -1.94. The fraction of sp³-hybridized carbons (Fsp3) is 0. The minimum atomic E-state index is -0.827. The Morgan fingerprint density at radius 1 is 1.58 bits per heavy atom. The van der Waals surface area contributed by atoms with E-state index < -0.39 is 16.4 Å². The van der Waals surface area contributed by atoms with Gasteiger partial charge in [-0.2, -0.15) is 4.39 Å². The van der Waals surface area contributed by atoms with Gasteiger partial charge in [-0.25, -0.2) is 0 Å². The molecule has 0 N–H and O–H groups in total. The number of hydrogen-bond acceptors (Lipinski definition) is 2. The lowest BCUT2D eigenvalue weighted by atomic mass is 10.3. The van der Waals surface area contributed by atoms with Crippen LogP contribution in [0.5, 0.6) is 0 Å². The van der Waals surface area contributed by atoms with E-state index >= 15 is 0 Å². The third-order valence-electron chi connectivity index (χ3n) is 1.21. The number of nitro benzene ring substituents is 1. The Balaban J connectivity index is 3.36. The van der Waals surface area contributed by atoms with Crippen molar-refractivity contribution in [2.45, 2.75) is 0 Å². The summed E-state index contributed by atoms with van der Waals surface area (Å²) in [5, 5.41) is 10.2. The van der Waals surface area contributed by atoms with Crippen LogP contribution in [0.3, 0.4) is 0 Å². The zero-order valence-corrected chi connectivity index (χ0v) is 9.30. The Hall–Kier alpha value is -0.240. The Bertz CT molecular complexity index is 345. The van der Waals surface area contributed by atoms with Gasteiger partial charge < -0.3 is 0 Å². The van der Waals surface area contributed by atoms with Gasteiger partial charge >= 0.3 is 5.69 Å². The van der Waals surface area contributed by atoms with Gasteiger partial charge in [-0.15, -0.1) is 0 Å². The molecule has 6 heteroatoms. The first-order valence-electron chi connectivity index (χ1n) is 2.82. The molecule has 0 fully saturated rings. The third kappa shape index (κ3) is 1.74. The average molecular weight is 346 g/mol. The Morgan fingerprint density at radius 3 is 2.67 bits per heavy atom. The summed E-state index contributed by atoms with van der Waals surface area (Å²) in [6, 6.07) is 2.62. The van der Waals surface area contributed by atoms with Gasteiger partial charge in [0.1, 0.15) is 0 Å². The van der Waals surface area contributed by atoms with Gasteiger partial charge in [0.15, 0.2) is 0 Å². The Kier molecular flexibility index (Phi) is 2.99. The summed E-state index contributed by atoms with van der Waals surface area (Å²) in [7, 11) is 0. The van der Waals surface area contributed by atoms with E-state index in [9.17, 15) is 14.5 Å². The summed E-state index contributed by atoms with van der Waals surface area (Å²) in [5.41, 5.74) is -0.512. The number of halogens is 3. The van der Waals surface area contributed by atoms with Crippen molar-refractivity contribution < 1.29 is 9.31 Å². The second-order valence-corrected chi connectivity index (χ2v) is 3.91. The lowest BCUT2D eigenvalue weighted by Gasteiger charge is -1.97. The number of nitro groups is 1. The number of hydrogen-bond donors (Lipinski definition) is 0. The minimum absolute atomic E-state index is 0.136. The van der Waals surface area contributed by atoms with Crippen LogP contribution in [0.15, 0.2) is 16.6 Å². The van der Waals surface area contributed by atoms with Crippen LogP contribution in [0.2, 0.25) is 0 Å². The molecule has 0 saturated heterocycles. The van der Waals surface area contributed by atoms with E-state index in [1.165, 1.54) is 6.07 Å². The second-order valence-electron chi connectivity index (χ2n) is 1.95. The Labute approximate surface area is 89.4 Å². The molecule has 1 aromatic rings. The molecule has 0 amide bonds. The van der Waals surface area contributed by atoms with Gasteiger partial charge in [-0.1, -0.05) is 0 Å². The van der Waals surface area contributed by atoms with Gasteiger partial charge in [-0.05, 0) is 44.6 Å². The average Bonchev–Trinajstić information content (AvgIpc) is 2.00. The minimum Gasteiger partial charge on any atom is -0.258 e. The van der Waals surface area contributed by atoms with Crippen LogP contribution in [0.1, 0.15) is 0 Å². The van der Waals surface area contributed by atoms with Crippen LogP contribution in [0, 0.1) is 19.5 Å². The predicted molar refractivity (Wildman–Crippen MR) is 53.5 cm³/mol. The molecule has 0 aliphatic carbocycles. The molecule has 1 rings (SSSR count). The highest BCUT2D eigenvalue weighted by molar-refractivity contribution is 14.1. The quantitative estimate of drug-likeness (QED) is 0.340. The molecule has 0 saturated carbocycles. The van der Waals surface area contributed by atoms with Gasteiger partial charge in [0.25, 0.3) is 0 Å². The molecule has 64 valence electrons. The number of nitrogens with zero attached hydrogens (tertiary/aromatic N) is 1. The fourth-order valence-corrected chi connectivity index (χ4v) is 1.41. The second kappa shape index (κ2) is 3.65. The third-order valence-corrected chi connectivity index (χ3v) is 3.63. The van der Waals surface area contributed by atoms with E-state index in [-0.39, 0.29) is 4.47 Å². The molecule has 0 spiro atoms. The van der Waals surface area contributed by atoms with Crippen LogP contribution in [0.4, 0.5) is 10.1 Å². The molecule has 1 aromatic carbocycles. The van der Waals surface area contributed by atoms with Crippen molar-refractivity contribution in [2.75, 3.05) is 0 Å². The normalized spacial score (nSPS) is 9.92. The topological polar surface area (TPSA) is 43.1 Å². The predicted octanol–water partition coefficient (Wildman–Crippen LogP) is 3.10. The summed E-state index contributed by atoms with van der Waals surface area (Å²) >= 11 is 4.79. The number of benzene rings is 1. The van der Waals surface area contributed by atoms with Crippen molar-refractivity contribution in [3.05, 3.63) is 36.1 Å². The highest BCUT2D eigenvalue weighted by Gasteiger charge is 2.17. The zero-order valence-electron chi connectivity index (χ0n) is 5.55.